The fourth-order valence-corrected chi connectivity index (χ4v) is 2.79. The number of hydrogen-bond acceptors (Lipinski definition) is 5. The Bertz CT molecular complexity index is 978. The Hall–Kier alpha value is -3.14. The molecule has 0 atom stereocenters. The van der Waals surface area contributed by atoms with Gasteiger partial charge in [-0.15, -0.1) is 0 Å². The molecule has 0 aromatic heterocycles. The quantitative estimate of drug-likeness (QED) is 0.463. The van der Waals surface area contributed by atoms with Crippen molar-refractivity contribution in [1.29, 1.82) is 0 Å². The molecule has 1 heterocycles. The van der Waals surface area contributed by atoms with Crippen molar-refractivity contribution in [2.75, 3.05) is 11.9 Å². The van der Waals surface area contributed by atoms with Gasteiger partial charge >= 0.3 is 0 Å². The van der Waals surface area contributed by atoms with E-state index in [2.05, 4.69) is 21.2 Å². The van der Waals surface area contributed by atoms with Gasteiger partial charge in [-0.1, -0.05) is 15.9 Å². The maximum atomic E-state index is 13.8. The summed E-state index contributed by atoms with van der Waals surface area (Å²) < 4.78 is 14.2. The minimum absolute atomic E-state index is 0.0248. The van der Waals surface area contributed by atoms with Crippen LogP contribution in [0.3, 0.4) is 0 Å². The third-order valence-corrected chi connectivity index (χ3v) is 4.17. The molecule has 1 N–H and O–H groups in total. The number of non-ortho nitro benzene ring substituents is 1. The zero-order chi connectivity index (χ0) is 19.0. The molecule has 3 rings (SSSR count). The van der Waals surface area contributed by atoms with E-state index in [4.69, 9.17) is 0 Å². The Kier molecular flexibility index (Phi) is 4.51. The molecule has 8 nitrogen and oxygen atoms in total. The van der Waals surface area contributed by atoms with Crippen LogP contribution in [-0.4, -0.2) is 34.1 Å². The number of nitro benzene ring substituents is 1. The van der Waals surface area contributed by atoms with Crippen LogP contribution in [0.2, 0.25) is 0 Å². The number of halogens is 2. The van der Waals surface area contributed by atoms with E-state index in [-0.39, 0.29) is 22.5 Å². The van der Waals surface area contributed by atoms with E-state index in [9.17, 15) is 28.9 Å². The summed E-state index contributed by atoms with van der Waals surface area (Å²) in [6, 6.07) is 7.24. The van der Waals surface area contributed by atoms with Crippen molar-refractivity contribution in [3.8, 4) is 0 Å². The lowest BCUT2D eigenvalue weighted by Crippen LogP contribution is -2.37. The van der Waals surface area contributed by atoms with E-state index in [0.29, 0.717) is 9.37 Å². The monoisotopic (exact) mass is 421 g/mol. The van der Waals surface area contributed by atoms with Gasteiger partial charge in [0.1, 0.15) is 12.4 Å². The van der Waals surface area contributed by atoms with Gasteiger partial charge in [0.2, 0.25) is 5.91 Å². The highest BCUT2D eigenvalue weighted by atomic mass is 79.9. The number of rotatable bonds is 4. The molecule has 10 heteroatoms. The van der Waals surface area contributed by atoms with Gasteiger partial charge in [-0.25, -0.2) is 4.39 Å². The van der Waals surface area contributed by atoms with Crippen LogP contribution in [0, 0.1) is 15.9 Å². The van der Waals surface area contributed by atoms with Crippen LogP contribution in [0.5, 0.6) is 0 Å². The third-order valence-electron chi connectivity index (χ3n) is 3.67. The maximum absolute atomic E-state index is 13.8. The average Bonchev–Trinajstić information content (AvgIpc) is 2.82. The Morgan fingerprint density at radius 1 is 1.15 bits per heavy atom. The highest BCUT2D eigenvalue weighted by Crippen LogP contribution is 2.27. The predicted octanol–water partition coefficient (Wildman–Crippen LogP) is 2.73. The second-order valence-corrected chi connectivity index (χ2v) is 6.27. The van der Waals surface area contributed by atoms with Crippen LogP contribution in [-0.2, 0) is 4.79 Å². The first-order chi connectivity index (χ1) is 12.3. The molecule has 0 aliphatic carbocycles. The molecule has 2 aromatic rings. The molecule has 1 aliphatic heterocycles. The molecule has 2 aromatic carbocycles. The highest BCUT2D eigenvalue weighted by molar-refractivity contribution is 9.10. The molecule has 132 valence electrons. The summed E-state index contributed by atoms with van der Waals surface area (Å²) in [5, 5.41) is 13.1. The lowest BCUT2D eigenvalue weighted by Gasteiger charge is -2.14. The summed E-state index contributed by atoms with van der Waals surface area (Å²) in [4.78, 5) is 47.4. The van der Waals surface area contributed by atoms with Gasteiger partial charge in [-0.2, -0.15) is 0 Å². The zero-order valence-corrected chi connectivity index (χ0v) is 14.4. The number of carbonyl (C=O) groups excluding carboxylic acids is 3. The average molecular weight is 422 g/mol. The van der Waals surface area contributed by atoms with Gasteiger partial charge in [0.25, 0.3) is 17.5 Å². The normalized spacial score (nSPS) is 12.9. The summed E-state index contributed by atoms with van der Waals surface area (Å²) in [5.74, 6) is -3.03. The van der Waals surface area contributed by atoms with Gasteiger partial charge in [-0.05, 0) is 24.3 Å². The van der Waals surface area contributed by atoms with Crippen molar-refractivity contribution >= 4 is 45.0 Å². The van der Waals surface area contributed by atoms with Gasteiger partial charge in [0.05, 0.1) is 21.7 Å². The summed E-state index contributed by atoms with van der Waals surface area (Å²) in [5.41, 5.74) is -0.617. The van der Waals surface area contributed by atoms with Gasteiger partial charge in [-0.3, -0.25) is 29.4 Å². The second kappa shape index (κ2) is 6.64. The predicted molar refractivity (Wildman–Crippen MR) is 91.2 cm³/mol. The number of imide groups is 1. The van der Waals surface area contributed by atoms with E-state index >= 15 is 0 Å². The molecule has 26 heavy (non-hydrogen) atoms. The van der Waals surface area contributed by atoms with Crippen LogP contribution in [0.4, 0.5) is 15.8 Å². The lowest BCUT2D eigenvalue weighted by atomic mass is 10.1. The summed E-state index contributed by atoms with van der Waals surface area (Å²) in [6.45, 7) is -0.643. The molecule has 0 spiro atoms. The molecule has 0 radical (unpaired) electrons. The summed E-state index contributed by atoms with van der Waals surface area (Å²) in [6.07, 6.45) is 0. The van der Waals surface area contributed by atoms with Crippen LogP contribution in [0.15, 0.2) is 40.9 Å². The number of fused-ring (bicyclic) bond motifs is 1. The SMILES string of the molecule is O=C(CN1C(=O)c2ccc([N+](=O)[O-])cc2C1=O)Nc1ccc(Br)cc1F. The lowest BCUT2D eigenvalue weighted by molar-refractivity contribution is -0.384. The number of carbonyl (C=O) groups is 3. The number of nitro groups is 1. The Labute approximate surface area is 153 Å². The number of nitrogens with zero attached hydrogens (tertiary/aromatic N) is 2. The maximum Gasteiger partial charge on any atom is 0.270 e. The number of nitrogens with one attached hydrogen (secondary N) is 1. The minimum Gasteiger partial charge on any atom is -0.322 e. The van der Waals surface area contributed by atoms with E-state index in [0.717, 1.165) is 18.2 Å². The minimum atomic E-state index is -0.819. The molecule has 0 saturated carbocycles. The fraction of sp³-hybridized carbons (Fsp3) is 0.0625. The molecule has 0 saturated heterocycles. The second-order valence-electron chi connectivity index (χ2n) is 5.36. The fourth-order valence-electron chi connectivity index (χ4n) is 2.46. The molecule has 0 fully saturated rings. The molecule has 1 aliphatic rings. The molecule has 0 unspecified atom stereocenters. The van der Waals surface area contributed by atoms with Crippen molar-refractivity contribution in [3.05, 3.63) is 67.9 Å². The number of benzene rings is 2. The van der Waals surface area contributed by atoms with Crippen molar-refractivity contribution < 1.29 is 23.7 Å². The van der Waals surface area contributed by atoms with Crippen molar-refractivity contribution in [2.24, 2.45) is 0 Å². The van der Waals surface area contributed by atoms with E-state index in [1.807, 2.05) is 0 Å². The van der Waals surface area contributed by atoms with E-state index in [1.165, 1.54) is 18.2 Å². The molecule has 3 amide bonds. The molecular formula is C16H9BrFN3O5. The highest BCUT2D eigenvalue weighted by Gasteiger charge is 2.37. The van der Waals surface area contributed by atoms with Crippen LogP contribution in [0.1, 0.15) is 20.7 Å². The van der Waals surface area contributed by atoms with Gasteiger partial charge in [0.15, 0.2) is 0 Å². The Balaban J connectivity index is 1.78. The summed E-state index contributed by atoms with van der Waals surface area (Å²) in [7, 11) is 0. The van der Waals surface area contributed by atoms with E-state index in [1.54, 1.807) is 0 Å². The van der Waals surface area contributed by atoms with Crippen LogP contribution < -0.4 is 5.32 Å². The topological polar surface area (TPSA) is 110 Å². The van der Waals surface area contributed by atoms with Gasteiger partial charge in [0, 0.05) is 16.6 Å². The molecular weight excluding hydrogens is 413 g/mol. The largest absolute Gasteiger partial charge is 0.322 e. The van der Waals surface area contributed by atoms with Crippen molar-refractivity contribution in [2.45, 2.75) is 0 Å². The van der Waals surface area contributed by atoms with Gasteiger partial charge < -0.3 is 5.32 Å². The van der Waals surface area contributed by atoms with Crippen LogP contribution in [0.25, 0.3) is 0 Å². The first kappa shape index (κ1) is 17.7. The van der Waals surface area contributed by atoms with Crippen molar-refractivity contribution in [3.63, 3.8) is 0 Å². The molecule has 0 bridgehead atoms. The number of hydrogen-bond donors (Lipinski definition) is 1. The zero-order valence-electron chi connectivity index (χ0n) is 12.9. The first-order valence-electron chi connectivity index (χ1n) is 7.17. The smallest absolute Gasteiger partial charge is 0.270 e. The Morgan fingerprint density at radius 3 is 2.50 bits per heavy atom. The van der Waals surface area contributed by atoms with Crippen molar-refractivity contribution in [1.82, 2.24) is 4.90 Å². The number of anilines is 1. The number of amides is 3. The summed E-state index contributed by atoms with van der Waals surface area (Å²) >= 11 is 3.08. The standard InChI is InChI=1S/C16H9BrFN3O5/c17-8-1-4-13(12(18)5-8)19-14(22)7-20-15(23)10-3-2-9(21(25)26)6-11(10)16(20)24/h1-6H,7H2,(H,19,22). The third kappa shape index (κ3) is 3.18. The Morgan fingerprint density at radius 2 is 1.85 bits per heavy atom. The van der Waals surface area contributed by atoms with E-state index < -0.39 is 35.0 Å². The van der Waals surface area contributed by atoms with Crippen LogP contribution >= 0.6 is 15.9 Å². The first-order valence-corrected chi connectivity index (χ1v) is 7.97.